The first-order chi connectivity index (χ1) is 20.0. The Hall–Kier alpha value is -4.25. The molecular formula is C24H18Cl2N6O8S2. The van der Waals surface area contributed by atoms with Crippen molar-refractivity contribution in [1.82, 2.24) is 20.4 Å². The fraction of sp³-hybridized carbons (Fsp3) is 0.167. The number of rotatable bonds is 9. The van der Waals surface area contributed by atoms with Crippen LogP contribution in [0.3, 0.4) is 0 Å². The molecule has 4 heterocycles. The van der Waals surface area contributed by atoms with Crippen LogP contribution < -0.4 is 11.1 Å². The van der Waals surface area contributed by atoms with Crippen molar-refractivity contribution >= 4 is 74.9 Å². The van der Waals surface area contributed by atoms with Crippen molar-refractivity contribution in [3.05, 3.63) is 62.9 Å². The molecule has 2 aromatic heterocycles. The number of thioether (sulfide) groups is 1. The molecule has 218 valence electrons. The van der Waals surface area contributed by atoms with Crippen LogP contribution in [0.4, 0.5) is 5.13 Å². The summed E-state index contributed by atoms with van der Waals surface area (Å²) in [5.41, 5.74) is 6.07. The number of aromatic nitrogens is 2. The molecule has 0 bridgehead atoms. The van der Waals surface area contributed by atoms with E-state index < -0.39 is 40.7 Å². The van der Waals surface area contributed by atoms with Crippen molar-refractivity contribution in [2.45, 2.75) is 18.0 Å². The molecule has 0 aliphatic carbocycles. The number of oxime groups is 1. The number of benzene rings is 1. The Bertz CT molecular complexity index is 1700. The second-order valence-corrected chi connectivity index (χ2v) is 11.4. The zero-order valence-corrected chi connectivity index (χ0v) is 24.1. The summed E-state index contributed by atoms with van der Waals surface area (Å²) >= 11 is 14.3. The number of phenols is 2. The van der Waals surface area contributed by atoms with Gasteiger partial charge in [-0.2, -0.15) is 0 Å². The number of carbonyl (C=O) groups is 3. The van der Waals surface area contributed by atoms with E-state index in [1.807, 2.05) is 0 Å². The van der Waals surface area contributed by atoms with Crippen molar-refractivity contribution in [2.24, 2.45) is 5.16 Å². The number of hydrogen-bond donors (Lipinski definition) is 5. The number of phenolic OH excluding ortho intramolecular Hbond substituents is 2. The highest BCUT2D eigenvalue weighted by atomic mass is 35.5. The molecule has 0 spiro atoms. The van der Waals surface area contributed by atoms with Crippen molar-refractivity contribution in [2.75, 3.05) is 11.5 Å². The van der Waals surface area contributed by atoms with Gasteiger partial charge < -0.3 is 35.7 Å². The first-order valence-electron chi connectivity index (χ1n) is 11.6. The number of aromatic hydroxyl groups is 2. The number of nitrogens with zero attached hydrogens (tertiary/aromatic N) is 4. The number of nitrogens with one attached hydrogen (secondary N) is 1. The summed E-state index contributed by atoms with van der Waals surface area (Å²) in [6.45, 7) is 3.29. The summed E-state index contributed by atoms with van der Waals surface area (Å²) in [5, 5.41) is 40.2. The average Bonchev–Trinajstić information content (AvgIpc) is 3.62. The maximum Gasteiger partial charge on any atom is 0.352 e. The van der Waals surface area contributed by atoms with Crippen molar-refractivity contribution in [3.63, 3.8) is 0 Å². The minimum Gasteiger partial charge on any atom is -0.503 e. The van der Waals surface area contributed by atoms with Gasteiger partial charge in [0.25, 0.3) is 11.8 Å². The van der Waals surface area contributed by atoms with Gasteiger partial charge in [0.1, 0.15) is 28.5 Å². The Balaban J connectivity index is 1.32. The fourth-order valence-electron chi connectivity index (χ4n) is 4.07. The molecule has 3 aromatic rings. The molecule has 1 saturated heterocycles. The van der Waals surface area contributed by atoms with E-state index in [0.717, 1.165) is 16.2 Å². The normalized spacial score (nSPS) is 18.4. The highest BCUT2D eigenvalue weighted by Crippen LogP contribution is 2.45. The summed E-state index contributed by atoms with van der Waals surface area (Å²) < 4.78 is 5.21. The average molecular weight is 653 g/mol. The van der Waals surface area contributed by atoms with E-state index in [0.29, 0.717) is 11.3 Å². The van der Waals surface area contributed by atoms with Crippen LogP contribution >= 0.6 is 46.3 Å². The molecule has 1 fully saturated rings. The van der Waals surface area contributed by atoms with Gasteiger partial charge in [-0.25, -0.2) is 9.78 Å². The van der Waals surface area contributed by atoms with Gasteiger partial charge in [0.2, 0.25) is 0 Å². The van der Waals surface area contributed by atoms with Crippen LogP contribution in [-0.4, -0.2) is 71.0 Å². The van der Waals surface area contributed by atoms with Crippen LogP contribution in [0.5, 0.6) is 11.5 Å². The lowest BCUT2D eigenvalue weighted by Gasteiger charge is -2.49. The van der Waals surface area contributed by atoms with Gasteiger partial charge in [-0.05, 0) is 11.6 Å². The predicted molar refractivity (Wildman–Crippen MR) is 153 cm³/mol. The van der Waals surface area contributed by atoms with Crippen molar-refractivity contribution in [1.29, 1.82) is 0 Å². The highest BCUT2D eigenvalue weighted by Gasteiger charge is 2.54. The number of fused-ring (bicyclic) bond motifs is 1. The van der Waals surface area contributed by atoms with E-state index >= 15 is 0 Å². The lowest BCUT2D eigenvalue weighted by atomic mass is 10.0. The topological polar surface area (TPSA) is 214 Å². The second-order valence-electron chi connectivity index (χ2n) is 8.62. The number of anilines is 1. The van der Waals surface area contributed by atoms with E-state index in [-0.39, 0.29) is 55.9 Å². The quantitative estimate of drug-likeness (QED) is 0.0976. The Kier molecular flexibility index (Phi) is 8.05. The first-order valence-corrected chi connectivity index (χ1v) is 14.3. The standard InChI is InChI=1S/C24H18Cl2N6O8S2/c1-2-8-6-41-22-16(21(36)32(22)17(8)23(37)38)29-20(35)15(13-7-42-24(27)28-13)31-39-5-9-3-12(30-40-9)10-4-11(25)18(33)19(34)14(10)26/h2-4,7,16,22,33-34H,1,5-6H2,(H2,27,28)(H,29,35)(H,37,38)/b31-15+/t16-,22-/m1/s1. The van der Waals surface area contributed by atoms with E-state index in [9.17, 15) is 29.7 Å². The minimum absolute atomic E-state index is 0.0780. The van der Waals surface area contributed by atoms with Gasteiger partial charge in [0, 0.05) is 22.8 Å². The number of thiazole rings is 1. The van der Waals surface area contributed by atoms with Crippen LogP contribution in [0.2, 0.25) is 10.0 Å². The van der Waals surface area contributed by atoms with E-state index in [4.69, 9.17) is 38.3 Å². The first kappa shape index (κ1) is 29.2. The smallest absolute Gasteiger partial charge is 0.352 e. The van der Waals surface area contributed by atoms with Crippen LogP contribution in [0.25, 0.3) is 11.3 Å². The molecule has 2 atom stereocenters. The van der Waals surface area contributed by atoms with Crippen molar-refractivity contribution in [3.8, 4) is 22.8 Å². The van der Waals surface area contributed by atoms with E-state index in [1.54, 1.807) is 0 Å². The Morgan fingerprint density at radius 2 is 2.10 bits per heavy atom. The lowest BCUT2D eigenvalue weighted by molar-refractivity contribution is -0.150. The lowest BCUT2D eigenvalue weighted by Crippen LogP contribution is -2.71. The number of β-lactam (4-membered cyclic amide) rings is 1. The zero-order valence-electron chi connectivity index (χ0n) is 20.9. The molecule has 6 N–H and O–H groups in total. The Labute approximate surface area is 254 Å². The molecule has 0 unspecified atom stereocenters. The van der Waals surface area contributed by atoms with E-state index in [2.05, 4.69) is 27.2 Å². The number of carboxylic acid groups (broad SMARTS) is 1. The molecule has 42 heavy (non-hydrogen) atoms. The Morgan fingerprint density at radius 3 is 2.76 bits per heavy atom. The minimum atomic E-state index is -1.27. The molecule has 2 amide bonds. The zero-order chi connectivity index (χ0) is 30.3. The molecule has 0 saturated carbocycles. The number of carbonyl (C=O) groups excluding carboxylic acids is 2. The molecule has 1 aromatic carbocycles. The second kappa shape index (κ2) is 11.6. The van der Waals surface area contributed by atoms with Gasteiger partial charge in [-0.1, -0.05) is 46.2 Å². The predicted octanol–water partition coefficient (Wildman–Crippen LogP) is 2.94. The van der Waals surface area contributed by atoms with Crippen LogP contribution in [0.1, 0.15) is 11.5 Å². The highest BCUT2D eigenvalue weighted by molar-refractivity contribution is 8.00. The van der Waals surface area contributed by atoms with E-state index in [1.165, 1.54) is 35.4 Å². The van der Waals surface area contributed by atoms with Gasteiger partial charge in [0.15, 0.2) is 34.7 Å². The Morgan fingerprint density at radius 1 is 1.33 bits per heavy atom. The van der Waals surface area contributed by atoms with Gasteiger partial charge in [-0.15, -0.1) is 23.1 Å². The van der Waals surface area contributed by atoms with Gasteiger partial charge in [-0.3, -0.25) is 14.5 Å². The summed E-state index contributed by atoms with van der Waals surface area (Å²) in [6.07, 6.45) is 1.39. The van der Waals surface area contributed by atoms with Crippen LogP contribution in [0.15, 0.2) is 51.1 Å². The summed E-state index contributed by atoms with van der Waals surface area (Å²) in [6, 6.07) is 1.67. The number of halogens is 2. The van der Waals surface area contributed by atoms with Crippen molar-refractivity contribution < 1.29 is 39.1 Å². The SMILES string of the molecule is C=CC1=C(C(=O)O)N2C(=O)[C@@H](NC(=O)/C(=N/OCc3cc(-c4cc(Cl)c(O)c(O)c4Cl)no3)c3csc(N)n3)[C@H]2SC1. The number of hydrogen-bond acceptors (Lipinski definition) is 13. The third kappa shape index (κ3) is 5.24. The molecule has 2 aliphatic heterocycles. The maximum absolute atomic E-state index is 13.2. The molecular weight excluding hydrogens is 635 g/mol. The number of aliphatic carboxylic acids is 1. The number of allylic oxidation sites excluding steroid dienone is 1. The van der Waals surface area contributed by atoms with Crippen LogP contribution in [-0.2, 0) is 25.8 Å². The number of amides is 2. The van der Waals surface area contributed by atoms with Gasteiger partial charge in [0.05, 0.1) is 10.0 Å². The summed E-state index contributed by atoms with van der Waals surface area (Å²) in [4.78, 5) is 48.4. The monoisotopic (exact) mass is 652 g/mol. The summed E-state index contributed by atoms with van der Waals surface area (Å²) in [7, 11) is 0. The molecule has 14 nitrogen and oxygen atoms in total. The summed E-state index contributed by atoms with van der Waals surface area (Å²) in [5.74, 6) is -3.47. The third-order valence-electron chi connectivity index (χ3n) is 6.08. The largest absolute Gasteiger partial charge is 0.503 e. The number of nitrogen functional groups attached to an aromatic ring is 1. The number of carboxylic acids is 1. The fourth-order valence-corrected chi connectivity index (χ4v) is 6.40. The van der Waals surface area contributed by atoms with Gasteiger partial charge >= 0.3 is 5.97 Å². The van der Waals surface area contributed by atoms with Crippen LogP contribution in [0, 0.1) is 0 Å². The molecule has 0 radical (unpaired) electrons. The third-order valence-corrected chi connectivity index (χ3v) is 8.72. The maximum atomic E-state index is 13.2. The molecule has 2 aliphatic rings. The molecule has 18 heteroatoms. The number of nitrogens with two attached hydrogens (primary N) is 1. The molecule has 5 rings (SSSR count).